The molecule has 0 bridgehead atoms. The standard InChI is InChI=1S/C12H22O/c1-10-6-2-4-8-12(10)9-5-3-7-11(12)13/h10-11,13H,2-9H2,1H3. The summed E-state index contributed by atoms with van der Waals surface area (Å²) in [6.45, 7) is 2.35. The van der Waals surface area contributed by atoms with Gasteiger partial charge in [0, 0.05) is 0 Å². The summed E-state index contributed by atoms with van der Waals surface area (Å²) in [5.74, 6) is 0.761. The molecule has 0 aromatic rings. The third-order valence-corrected chi connectivity index (χ3v) is 4.54. The Morgan fingerprint density at radius 3 is 2.23 bits per heavy atom. The van der Waals surface area contributed by atoms with Crippen molar-refractivity contribution in [2.75, 3.05) is 0 Å². The van der Waals surface area contributed by atoms with Crippen molar-refractivity contribution in [3.05, 3.63) is 0 Å². The van der Waals surface area contributed by atoms with Crippen molar-refractivity contribution < 1.29 is 5.11 Å². The summed E-state index contributed by atoms with van der Waals surface area (Å²) in [6.07, 6.45) is 10.3. The fraction of sp³-hybridized carbons (Fsp3) is 1.00. The Morgan fingerprint density at radius 2 is 1.62 bits per heavy atom. The molecule has 1 nitrogen and oxygen atoms in total. The Morgan fingerprint density at radius 1 is 1.00 bits per heavy atom. The number of rotatable bonds is 0. The number of aliphatic hydroxyl groups is 1. The van der Waals surface area contributed by atoms with Gasteiger partial charge in [-0.05, 0) is 30.6 Å². The second-order valence-electron chi connectivity index (χ2n) is 5.14. The molecule has 1 heteroatoms. The Hall–Kier alpha value is -0.0400. The van der Waals surface area contributed by atoms with Crippen molar-refractivity contribution in [1.82, 2.24) is 0 Å². The summed E-state index contributed by atoms with van der Waals surface area (Å²) in [7, 11) is 0. The average Bonchev–Trinajstić information content (AvgIpc) is 2.15. The zero-order valence-electron chi connectivity index (χ0n) is 8.76. The van der Waals surface area contributed by atoms with E-state index in [0.29, 0.717) is 5.41 Å². The van der Waals surface area contributed by atoms with Gasteiger partial charge >= 0.3 is 0 Å². The smallest absolute Gasteiger partial charge is 0.0599 e. The van der Waals surface area contributed by atoms with Crippen molar-refractivity contribution in [3.63, 3.8) is 0 Å². The van der Waals surface area contributed by atoms with Crippen LogP contribution in [0, 0.1) is 11.3 Å². The van der Waals surface area contributed by atoms with E-state index >= 15 is 0 Å². The summed E-state index contributed by atoms with van der Waals surface area (Å²) >= 11 is 0. The SMILES string of the molecule is CC1CCCCC12CCCCC2O. The van der Waals surface area contributed by atoms with Gasteiger partial charge in [0.2, 0.25) is 0 Å². The maximum atomic E-state index is 10.2. The van der Waals surface area contributed by atoms with Gasteiger partial charge in [0.15, 0.2) is 0 Å². The number of hydrogen-bond acceptors (Lipinski definition) is 1. The van der Waals surface area contributed by atoms with Crippen molar-refractivity contribution in [1.29, 1.82) is 0 Å². The summed E-state index contributed by atoms with van der Waals surface area (Å²) in [4.78, 5) is 0. The van der Waals surface area contributed by atoms with Crippen LogP contribution in [-0.2, 0) is 0 Å². The van der Waals surface area contributed by atoms with Gasteiger partial charge in [-0.2, -0.15) is 0 Å². The quantitative estimate of drug-likeness (QED) is 0.610. The van der Waals surface area contributed by atoms with Crippen LogP contribution < -0.4 is 0 Å². The molecular weight excluding hydrogens is 160 g/mol. The molecule has 0 aromatic heterocycles. The zero-order chi connectivity index (χ0) is 9.31. The minimum absolute atomic E-state index is 0.0107. The molecular formula is C12H22O. The largest absolute Gasteiger partial charge is 0.393 e. The van der Waals surface area contributed by atoms with Gasteiger partial charge in [-0.1, -0.05) is 39.0 Å². The maximum absolute atomic E-state index is 10.2. The minimum Gasteiger partial charge on any atom is -0.393 e. The molecule has 13 heavy (non-hydrogen) atoms. The first-order chi connectivity index (χ1) is 6.26. The van der Waals surface area contributed by atoms with E-state index in [1.54, 1.807) is 0 Å². The molecule has 0 heterocycles. The first-order valence-electron chi connectivity index (χ1n) is 5.94. The molecule has 3 unspecified atom stereocenters. The molecule has 0 aliphatic heterocycles. The lowest BCUT2D eigenvalue weighted by atomic mass is 9.58. The van der Waals surface area contributed by atoms with Crippen LogP contribution in [0.15, 0.2) is 0 Å². The van der Waals surface area contributed by atoms with Crippen LogP contribution in [0.3, 0.4) is 0 Å². The highest BCUT2D eigenvalue weighted by atomic mass is 16.3. The summed E-state index contributed by atoms with van der Waals surface area (Å²) in [6, 6.07) is 0. The third-order valence-electron chi connectivity index (χ3n) is 4.54. The topological polar surface area (TPSA) is 20.2 Å². The molecule has 0 aromatic carbocycles. The van der Waals surface area contributed by atoms with Gasteiger partial charge in [-0.15, -0.1) is 0 Å². The lowest BCUT2D eigenvalue weighted by molar-refractivity contribution is -0.0702. The fourth-order valence-corrected chi connectivity index (χ4v) is 3.55. The fourth-order valence-electron chi connectivity index (χ4n) is 3.55. The second kappa shape index (κ2) is 3.61. The third kappa shape index (κ3) is 1.52. The maximum Gasteiger partial charge on any atom is 0.0599 e. The van der Waals surface area contributed by atoms with Gasteiger partial charge in [-0.25, -0.2) is 0 Å². The van der Waals surface area contributed by atoms with Crippen molar-refractivity contribution >= 4 is 0 Å². The van der Waals surface area contributed by atoms with Crippen LogP contribution in [0.25, 0.3) is 0 Å². The van der Waals surface area contributed by atoms with E-state index in [9.17, 15) is 5.11 Å². The zero-order valence-corrected chi connectivity index (χ0v) is 8.76. The predicted molar refractivity (Wildman–Crippen MR) is 54.5 cm³/mol. The molecule has 1 N–H and O–H groups in total. The highest BCUT2D eigenvalue weighted by Gasteiger charge is 2.44. The first-order valence-corrected chi connectivity index (χ1v) is 5.94. The van der Waals surface area contributed by atoms with Crippen LogP contribution in [-0.4, -0.2) is 11.2 Å². The van der Waals surface area contributed by atoms with Gasteiger partial charge in [0.05, 0.1) is 6.10 Å². The molecule has 3 atom stereocenters. The summed E-state index contributed by atoms with van der Waals surface area (Å²) in [5.41, 5.74) is 0.330. The van der Waals surface area contributed by atoms with E-state index in [2.05, 4.69) is 6.92 Å². The Balaban J connectivity index is 2.13. The molecule has 0 radical (unpaired) electrons. The monoisotopic (exact) mass is 182 g/mol. The summed E-state index contributed by atoms with van der Waals surface area (Å²) < 4.78 is 0. The molecule has 2 aliphatic rings. The van der Waals surface area contributed by atoms with E-state index in [0.717, 1.165) is 12.3 Å². The number of hydrogen-bond donors (Lipinski definition) is 1. The molecule has 2 saturated carbocycles. The average molecular weight is 182 g/mol. The van der Waals surface area contributed by atoms with Crippen LogP contribution in [0.2, 0.25) is 0 Å². The first kappa shape index (κ1) is 9.51. The molecule has 0 amide bonds. The molecule has 2 fully saturated rings. The van der Waals surface area contributed by atoms with Crippen molar-refractivity contribution in [2.24, 2.45) is 11.3 Å². The highest BCUT2D eigenvalue weighted by Crippen LogP contribution is 2.50. The molecule has 0 saturated heterocycles. The van der Waals surface area contributed by atoms with Crippen LogP contribution in [0.1, 0.15) is 58.3 Å². The van der Waals surface area contributed by atoms with Gasteiger partial charge in [0.1, 0.15) is 0 Å². The van der Waals surface area contributed by atoms with Gasteiger partial charge < -0.3 is 5.11 Å². The summed E-state index contributed by atoms with van der Waals surface area (Å²) in [5, 5.41) is 10.2. The van der Waals surface area contributed by atoms with Crippen molar-refractivity contribution in [3.8, 4) is 0 Å². The predicted octanol–water partition coefficient (Wildman–Crippen LogP) is 3.12. The van der Waals surface area contributed by atoms with Crippen LogP contribution in [0.4, 0.5) is 0 Å². The Labute approximate surface area is 81.5 Å². The number of aliphatic hydroxyl groups excluding tert-OH is 1. The minimum atomic E-state index is 0.0107. The Bertz CT molecular complexity index is 156. The lowest BCUT2D eigenvalue weighted by Gasteiger charge is -2.48. The normalized spacial score (nSPS) is 46.6. The van der Waals surface area contributed by atoms with E-state index in [1.165, 1.54) is 44.9 Å². The van der Waals surface area contributed by atoms with E-state index in [4.69, 9.17) is 0 Å². The molecule has 2 aliphatic carbocycles. The second-order valence-corrected chi connectivity index (χ2v) is 5.14. The molecule has 1 spiro atoms. The van der Waals surface area contributed by atoms with Crippen molar-refractivity contribution in [2.45, 2.75) is 64.4 Å². The van der Waals surface area contributed by atoms with Gasteiger partial charge in [-0.3, -0.25) is 0 Å². The van der Waals surface area contributed by atoms with E-state index < -0.39 is 0 Å². The van der Waals surface area contributed by atoms with Crippen LogP contribution in [0.5, 0.6) is 0 Å². The van der Waals surface area contributed by atoms with E-state index in [1.807, 2.05) is 0 Å². The van der Waals surface area contributed by atoms with E-state index in [-0.39, 0.29) is 6.10 Å². The highest BCUT2D eigenvalue weighted by molar-refractivity contribution is 4.95. The van der Waals surface area contributed by atoms with Crippen LogP contribution >= 0.6 is 0 Å². The Kier molecular flexibility index (Phi) is 2.64. The lowest BCUT2D eigenvalue weighted by Crippen LogP contribution is -2.45. The molecule has 76 valence electrons. The van der Waals surface area contributed by atoms with Gasteiger partial charge in [0.25, 0.3) is 0 Å². The molecule has 2 rings (SSSR count).